The number of hydroxylamine groups is 4. The van der Waals surface area contributed by atoms with Gasteiger partial charge in [-0.25, -0.2) is 9.59 Å². The van der Waals surface area contributed by atoms with Crippen LogP contribution in [0.2, 0.25) is 0 Å². The Morgan fingerprint density at radius 2 is 1.17 bits per heavy atom. The SMILES string of the molecule is O=C(ON1CCC[C@@H]1[C@H]1CCCN1)C(O)C(O)C(=O)ON1CCC[C@@H]1[C@H]1CCCN1. The molecule has 4 N–H and O–H groups in total. The molecule has 0 bridgehead atoms. The minimum Gasteiger partial charge on any atom is -0.379 e. The molecular formula is C20H34N4O6. The first-order chi connectivity index (χ1) is 14.5. The van der Waals surface area contributed by atoms with E-state index in [4.69, 9.17) is 9.68 Å². The molecule has 0 aliphatic carbocycles. The predicted molar refractivity (Wildman–Crippen MR) is 106 cm³/mol. The molecule has 4 fully saturated rings. The zero-order valence-corrected chi connectivity index (χ0v) is 17.4. The van der Waals surface area contributed by atoms with Gasteiger partial charge >= 0.3 is 11.9 Å². The van der Waals surface area contributed by atoms with Gasteiger partial charge in [-0.15, -0.1) is 10.1 Å². The second-order valence-corrected chi connectivity index (χ2v) is 8.82. The summed E-state index contributed by atoms with van der Waals surface area (Å²) in [6.07, 6.45) is 3.82. The van der Waals surface area contributed by atoms with Crippen molar-refractivity contribution >= 4 is 11.9 Å². The predicted octanol–water partition coefficient (Wildman–Crippen LogP) is -0.943. The summed E-state index contributed by atoms with van der Waals surface area (Å²) in [6.45, 7) is 3.05. The molecule has 6 atom stereocenters. The fraction of sp³-hybridized carbons (Fsp3) is 0.900. The molecule has 0 radical (unpaired) electrons. The number of aliphatic hydroxyl groups is 2. The molecule has 2 unspecified atom stereocenters. The van der Waals surface area contributed by atoms with Gasteiger partial charge < -0.3 is 30.5 Å². The Kier molecular flexibility index (Phi) is 7.22. The highest BCUT2D eigenvalue weighted by Gasteiger charge is 2.41. The third-order valence-corrected chi connectivity index (χ3v) is 6.82. The molecule has 0 amide bonds. The highest BCUT2D eigenvalue weighted by atomic mass is 16.7. The van der Waals surface area contributed by atoms with Gasteiger partial charge in [-0.2, -0.15) is 0 Å². The number of carbonyl (C=O) groups is 2. The molecule has 30 heavy (non-hydrogen) atoms. The van der Waals surface area contributed by atoms with Crippen LogP contribution in [0.4, 0.5) is 0 Å². The van der Waals surface area contributed by atoms with Crippen molar-refractivity contribution in [3.63, 3.8) is 0 Å². The van der Waals surface area contributed by atoms with E-state index in [1.165, 1.54) is 0 Å². The van der Waals surface area contributed by atoms with Crippen LogP contribution < -0.4 is 10.6 Å². The molecule has 0 saturated carbocycles. The first kappa shape index (κ1) is 21.9. The van der Waals surface area contributed by atoms with Crippen molar-refractivity contribution < 1.29 is 29.5 Å². The standard InChI is InChI=1S/C20H34N4O6/c25-17(19(27)29-23-11-3-7-15(23)13-5-1-9-21-13)18(26)20(28)30-24-12-4-8-16(24)14-6-2-10-22-14/h13-18,21-22,25-26H,1-12H2/t13-,14-,15-,16-,17?,18?/m1/s1. The Hall–Kier alpha value is -1.30. The third kappa shape index (κ3) is 4.79. The van der Waals surface area contributed by atoms with Crippen molar-refractivity contribution in [3.8, 4) is 0 Å². The number of nitrogens with one attached hydrogen (secondary N) is 2. The van der Waals surface area contributed by atoms with E-state index in [0.29, 0.717) is 13.1 Å². The number of aliphatic hydroxyl groups excluding tert-OH is 2. The fourth-order valence-electron chi connectivity index (χ4n) is 5.24. The molecule has 4 aliphatic rings. The molecule has 4 heterocycles. The van der Waals surface area contributed by atoms with Crippen LogP contribution in [0.3, 0.4) is 0 Å². The van der Waals surface area contributed by atoms with Crippen molar-refractivity contribution in [2.24, 2.45) is 0 Å². The van der Waals surface area contributed by atoms with Gasteiger partial charge in [0, 0.05) is 25.2 Å². The molecule has 4 saturated heterocycles. The van der Waals surface area contributed by atoms with E-state index in [2.05, 4.69) is 10.6 Å². The minimum absolute atomic E-state index is 0.0528. The zero-order valence-electron chi connectivity index (χ0n) is 17.4. The van der Waals surface area contributed by atoms with Crippen LogP contribution in [0.25, 0.3) is 0 Å². The lowest BCUT2D eigenvalue weighted by atomic mass is 10.1. The number of nitrogens with zero attached hydrogens (tertiary/aromatic N) is 2. The van der Waals surface area contributed by atoms with Crippen LogP contribution in [0.1, 0.15) is 51.4 Å². The van der Waals surface area contributed by atoms with Crippen molar-refractivity contribution in [1.82, 2.24) is 20.8 Å². The van der Waals surface area contributed by atoms with Gasteiger partial charge in [-0.3, -0.25) is 0 Å². The maximum Gasteiger partial charge on any atom is 0.357 e. The summed E-state index contributed by atoms with van der Waals surface area (Å²) < 4.78 is 0. The van der Waals surface area contributed by atoms with Gasteiger partial charge in [-0.05, 0) is 64.5 Å². The lowest BCUT2D eigenvalue weighted by molar-refractivity contribution is -0.223. The van der Waals surface area contributed by atoms with Crippen LogP contribution in [-0.2, 0) is 19.3 Å². The zero-order chi connectivity index (χ0) is 21.1. The van der Waals surface area contributed by atoms with Crippen LogP contribution in [-0.4, -0.2) is 94.8 Å². The molecule has 10 nitrogen and oxygen atoms in total. The smallest absolute Gasteiger partial charge is 0.357 e. The molecule has 0 aromatic heterocycles. The summed E-state index contributed by atoms with van der Waals surface area (Å²) in [6, 6.07) is 0.612. The lowest BCUT2D eigenvalue weighted by Crippen LogP contribution is -2.50. The van der Waals surface area contributed by atoms with Gasteiger partial charge in [0.05, 0.1) is 12.1 Å². The summed E-state index contributed by atoms with van der Waals surface area (Å²) in [7, 11) is 0. The molecule has 0 spiro atoms. The summed E-state index contributed by atoms with van der Waals surface area (Å²) >= 11 is 0. The Balaban J connectivity index is 1.28. The third-order valence-electron chi connectivity index (χ3n) is 6.82. The molecule has 4 rings (SSSR count). The van der Waals surface area contributed by atoms with E-state index in [1.807, 2.05) is 0 Å². The van der Waals surface area contributed by atoms with Gasteiger partial charge in [0.15, 0.2) is 12.2 Å². The van der Waals surface area contributed by atoms with Gasteiger partial charge in [0.2, 0.25) is 0 Å². The Bertz CT molecular complexity index is 558. The van der Waals surface area contributed by atoms with E-state index >= 15 is 0 Å². The van der Waals surface area contributed by atoms with E-state index in [0.717, 1.165) is 64.5 Å². The maximum atomic E-state index is 12.4. The van der Waals surface area contributed by atoms with E-state index < -0.39 is 24.1 Å². The van der Waals surface area contributed by atoms with Crippen molar-refractivity contribution in [1.29, 1.82) is 0 Å². The molecule has 0 aromatic carbocycles. The number of carbonyl (C=O) groups excluding carboxylic acids is 2. The first-order valence-electron chi connectivity index (χ1n) is 11.3. The van der Waals surface area contributed by atoms with Crippen molar-refractivity contribution in [3.05, 3.63) is 0 Å². The van der Waals surface area contributed by atoms with E-state index in [9.17, 15) is 19.8 Å². The molecule has 4 aliphatic heterocycles. The lowest BCUT2D eigenvalue weighted by Gasteiger charge is -2.30. The number of rotatable bonds is 7. The molecular weight excluding hydrogens is 392 g/mol. The highest BCUT2D eigenvalue weighted by Crippen LogP contribution is 2.27. The van der Waals surface area contributed by atoms with Crippen molar-refractivity contribution in [2.45, 2.75) is 87.7 Å². The van der Waals surface area contributed by atoms with Crippen LogP contribution >= 0.6 is 0 Å². The number of hydrogen-bond donors (Lipinski definition) is 4. The topological polar surface area (TPSA) is 124 Å². The van der Waals surface area contributed by atoms with E-state index in [1.54, 1.807) is 10.1 Å². The normalized spacial score (nSPS) is 34.9. The van der Waals surface area contributed by atoms with Gasteiger partial charge in [-0.1, -0.05) is 0 Å². The monoisotopic (exact) mass is 426 g/mol. The Morgan fingerprint density at radius 3 is 1.53 bits per heavy atom. The summed E-state index contributed by atoms with van der Waals surface area (Å²) in [5.41, 5.74) is 0. The summed E-state index contributed by atoms with van der Waals surface area (Å²) in [5, 5.41) is 30.4. The average Bonchev–Trinajstić information content (AvgIpc) is 3.53. The summed E-state index contributed by atoms with van der Waals surface area (Å²) in [5.74, 6) is -2.06. The number of hydrogen-bond acceptors (Lipinski definition) is 10. The van der Waals surface area contributed by atoms with Crippen LogP contribution in [0.15, 0.2) is 0 Å². The van der Waals surface area contributed by atoms with Gasteiger partial charge in [0.1, 0.15) is 0 Å². The van der Waals surface area contributed by atoms with Crippen molar-refractivity contribution in [2.75, 3.05) is 26.2 Å². The first-order valence-corrected chi connectivity index (χ1v) is 11.3. The van der Waals surface area contributed by atoms with Gasteiger partial charge in [0.25, 0.3) is 0 Å². The average molecular weight is 427 g/mol. The largest absolute Gasteiger partial charge is 0.379 e. The van der Waals surface area contributed by atoms with Crippen LogP contribution in [0, 0.1) is 0 Å². The molecule has 170 valence electrons. The highest BCUT2D eigenvalue weighted by molar-refractivity contribution is 5.85. The quantitative estimate of drug-likeness (QED) is 0.405. The van der Waals surface area contributed by atoms with E-state index in [-0.39, 0.29) is 24.2 Å². The minimum atomic E-state index is -1.99. The second-order valence-electron chi connectivity index (χ2n) is 8.82. The Labute approximate surface area is 176 Å². The molecule has 0 aromatic rings. The maximum absolute atomic E-state index is 12.4. The second kappa shape index (κ2) is 9.88. The van der Waals surface area contributed by atoms with Crippen LogP contribution in [0.5, 0.6) is 0 Å². The Morgan fingerprint density at radius 1 is 0.733 bits per heavy atom. The summed E-state index contributed by atoms with van der Waals surface area (Å²) in [4.78, 5) is 35.5. The molecule has 10 heteroatoms. The fourth-order valence-corrected chi connectivity index (χ4v) is 5.24.